The van der Waals surface area contributed by atoms with E-state index < -0.39 is 0 Å². The Morgan fingerprint density at radius 1 is 1.11 bits per heavy atom. The zero-order valence-electron chi connectivity index (χ0n) is 11.6. The minimum absolute atomic E-state index is 0.757. The predicted octanol–water partition coefficient (Wildman–Crippen LogP) is 2.55. The Labute approximate surface area is 109 Å². The van der Waals surface area contributed by atoms with Gasteiger partial charge in [-0.05, 0) is 56.3 Å². The number of ether oxygens (including phenoxy) is 2. The molecule has 1 heterocycles. The Hall–Kier alpha value is -1.22. The lowest BCUT2D eigenvalue weighted by molar-refractivity contribution is 0.338. The van der Waals surface area contributed by atoms with Crippen molar-refractivity contribution >= 4 is 0 Å². The fourth-order valence-corrected chi connectivity index (χ4v) is 2.74. The first-order chi connectivity index (χ1) is 8.76. The van der Waals surface area contributed by atoms with E-state index in [1.807, 2.05) is 0 Å². The molecule has 1 aliphatic rings. The topological polar surface area (TPSA) is 30.5 Å². The largest absolute Gasteiger partial charge is 0.493 e. The molecule has 3 nitrogen and oxygen atoms in total. The van der Waals surface area contributed by atoms with Crippen LogP contribution in [0, 0.1) is 12.8 Å². The smallest absolute Gasteiger partial charge is 0.164 e. The molecule has 0 aromatic heterocycles. The summed E-state index contributed by atoms with van der Waals surface area (Å²) in [7, 11) is 3.43. The highest BCUT2D eigenvalue weighted by Crippen LogP contribution is 2.36. The Kier molecular flexibility index (Phi) is 4.48. The molecule has 0 unspecified atom stereocenters. The summed E-state index contributed by atoms with van der Waals surface area (Å²) in [5.74, 6) is 2.55. The molecule has 3 heteroatoms. The molecule has 1 aromatic carbocycles. The van der Waals surface area contributed by atoms with Crippen LogP contribution in [0.25, 0.3) is 0 Å². The first-order valence-electron chi connectivity index (χ1n) is 6.67. The van der Waals surface area contributed by atoms with Crippen LogP contribution in [0.4, 0.5) is 0 Å². The molecule has 100 valence electrons. The van der Waals surface area contributed by atoms with E-state index in [-0.39, 0.29) is 0 Å². The van der Waals surface area contributed by atoms with Gasteiger partial charge in [-0.25, -0.2) is 0 Å². The second kappa shape index (κ2) is 6.10. The molecular formula is C15H23NO2. The average Bonchev–Trinajstić information content (AvgIpc) is 2.41. The number of piperidine rings is 1. The average molecular weight is 249 g/mol. The molecule has 0 aliphatic carbocycles. The molecule has 1 aliphatic heterocycles. The van der Waals surface area contributed by atoms with Crippen LogP contribution in [0.3, 0.4) is 0 Å². The summed E-state index contributed by atoms with van der Waals surface area (Å²) in [4.78, 5) is 0. The Morgan fingerprint density at radius 3 is 2.39 bits per heavy atom. The van der Waals surface area contributed by atoms with Crippen LogP contribution in [-0.4, -0.2) is 27.3 Å². The summed E-state index contributed by atoms with van der Waals surface area (Å²) >= 11 is 0. The first kappa shape index (κ1) is 13.2. The van der Waals surface area contributed by atoms with Gasteiger partial charge in [0, 0.05) is 0 Å². The molecule has 2 rings (SSSR count). The maximum absolute atomic E-state index is 5.55. The quantitative estimate of drug-likeness (QED) is 0.889. The predicted molar refractivity (Wildman–Crippen MR) is 73.6 cm³/mol. The number of hydrogen-bond acceptors (Lipinski definition) is 3. The fourth-order valence-electron chi connectivity index (χ4n) is 2.74. The number of methoxy groups -OCH3 is 2. The molecule has 0 amide bonds. The van der Waals surface area contributed by atoms with E-state index in [9.17, 15) is 0 Å². The van der Waals surface area contributed by atoms with Gasteiger partial charge in [0.25, 0.3) is 0 Å². The van der Waals surface area contributed by atoms with Crippen molar-refractivity contribution in [3.05, 3.63) is 23.3 Å². The fraction of sp³-hybridized carbons (Fsp3) is 0.600. The van der Waals surface area contributed by atoms with Crippen molar-refractivity contribution in [1.29, 1.82) is 0 Å². The zero-order chi connectivity index (χ0) is 13.0. The van der Waals surface area contributed by atoms with Gasteiger partial charge >= 0.3 is 0 Å². The minimum atomic E-state index is 0.757. The van der Waals surface area contributed by atoms with Crippen molar-refractivity contribution in [3.63, 3.8) is 0 Å². The van der Waals surface area contributed by atoms with E-state index in [2.05, 4.69) is 24.4 Å². The molecule has 0 atom stereocenters. The maximum Gasteiger partial charge on any atom is 0.164 e. The maximum atomic E-state index is 5.55. The second-order valence-corrected chi connectivity index (χ2v) is 5.01. The summed E-state index contributed by atoms with van der Waals surface area (Å²) in [6.45, 7) is 4.32. The molecule has 1 saturated heterocycles. The van der Waals surface area contributed by atoms with E-state index in [0.29, 0.717) is 0 Å². The highest BCUT2D eigenvalue weighted by molar-refractivity contribution is 5.51. The SMILES string of the molecule is COc1c(C)ccc(CC2CCNCC2)c1OC. The van der Waals surface area contributed by atoms with Crippen LogP contribution < -0.4 is 14.8 Å². The Bertz CT molecular complexity index is 398. The third-order valence-corrected chi connectivity index (χ3v) is 3.77. The van der Waals surface area contributed by atoms with Crippen LogP contribution in [0.5, 0.6) is 11.5 Å². The van der Waals surface area contributed by atoms with Gasteiger partial charge in [0.1, 0.15) is 0 Å². The van der Waals surface area contributed by atoms with Gasteiger partial charge in [0.2, 0.25) is 0 Å². The number of aryl methyl sites for hydroxylation is 1. The first-order valence-corrected chi connectivity index (χ1v) is 6.67. The molecule has 1 N–H and O–H groups in total. The highest BCUT2D eigenvalue weighted by atomic mass is 16.5. The Balaban J connectivity index is 2.21. The Morgan fingerprint density at radius 2 is 1.78 bits per heavy atom. The van der Waals surface area contributed by atoms with Crippen molar-refractivity contribution in [2.24, 2.45) is 5.92 Å². The highest BCUT2D eigenvalue weighted by Gasteiger charge is 2.18. The molecule has 18 heavy (non-hydrogen) atoms. The van der Waals surface area contributed by atoms with Gasteiger partial charge in [-0.3, -0.25) is 0 Å². The number of hydrogen-bond donors (Lipinski definition) is 1. The molecule has 1 aromatic rings. The summed E-state index contributed by atoms with van der Waals surface area (Å²) in [5, 5.41) is 3.40. The van der Waals surface area contributed by atoms with Crippen molar-refractivity contribution in [2.75, 3.05) is 27.3 Å². The number of nitrogens with one attached hydrogen (secondary N) is 1. The summed E-state index contributed by atoms with van der Waals surface area (Å²) in [5.41, 5.74) is 2.40. The van der Waals surface area contributed by atoms with E-state index >= 15 is 0 Å². The van der Waals surface area contributed by atoms with Crippen molar-refractivity contribution < 1.29 is 9.47 Å². The van der Waals surface area contributed by atoms with Crippen LogP contribution in [0.2, 0.25) is 0 Å². The van der Waals surface area contributed by atoms with Crippen molar-refractivity contribution in [2.45, 2.75) is 26.2 Å². The van der Waals surface area contributed by atoms with Crippen LogP contribution >= 0.6 is 0 Å². The van der Waals surface area contributed by atoms with Gasteiger partial charge in [-0.2, -0.15) is 0 Å². The molecular weight excluding hydrogens is 226 g/mol. The second-order valence-electron chi connectivity index (χ2n) is 5.01. The minimum Gasteiger partial charge on any atom is -0.493 e. The van der Waals surface area contributed by atoms with Gasteiger partial charge in [-0.1, -0.05) is 12.1 Å². The van der Waals surface area contributed by atoms with Gasteiger partial charge in [0.15, 0.2) is 11.5 Å². The van der Waals surface area contributed by atoms with Crippen molar-refractivity contribution in [3.8, 4) is 11.5 Å². The summed E-state index contributed by atoms with van der Waals surface area (Å²) < 4.78 is 11.0. The monoisotopic (exact) mass is 249 g/mol. The zero-order valence-corrected chi connectivity index (χ0v) is 11.6. The third kappa shape index (κ3) is 2.78. The normalized spacial score (nSPS) is 16.6. The molecule has 0 radical (unpaired) electrons. The number of benzene rings is 1. The van der Waals surface area contributed by atoms with E-state index in [4.69, 9.17) is 9.47 Å². The van der Waals surface area contributed by atoms with Gasteiger partial charge in [-0.15, -0.1) is 0 Å². The summed E-state index contributed by atoms with van der Waals surface area (Å²) in [6.07, 6.45) is 3.58. The lowest BCUT2D eigenvalue weighted by Crippen LogP contribution is -2.28. The van der Waals surface area contributed by atoms with Crippen LogP contribution in [0.1, 0.15) is 24.0 Å². The van der Waals surface area contributed by atoms with Crippen LogP contribution in [-0.2, 0) is 6.42 Å². The van der Waals surface area contributed by atoms with E-state index in [0.717, 1.165) is 42.5 Å². The van der Waals surface area contributed by atoms with E-state index in [1.165, 1.54) is 18.4 Å². The van der Waals surface area contributed by atoms with E-state index in [1.54, 1.807) is 14.2 Å². The lowest BCUT2D eigenvalue weighted by atomic mass is 9.90. The standard InChI is InChI=1S/C15H23NO2/c1-11-4-5-13(15(18-3)14(11)17-2)10-12-6-8-16-9-7-12/h4-5,12,16H,6-10H2,1-3H3. The lowest BCUT2D eigenvalue weighted by Gasteiger charge is -2.24. The molecule has 0 saturated carbocycles. The number of rotatable bonds is 4. The molecule has 0 bridgehead atoms. The van der Waals surface area contributed by atoms with Gasteiger partial charge in [0.05, 0.1) is 14.2 Å². The molecule has 0 spiro atoms. The van der Waals surface area contributed by atoms with Crippen LogP contribution in [0.15, 0.2) is 12.1 Å². The van der Waals surface area contributed by atoms with Crippen molar-refractivity contribution in [1.82, 2.24) is 5.32 Å². The summed E-state index contributed by atoms with van der Waals surface area (Å²) in [6, 6.07) is 4.30. The molecule has 1 fully saturated rings. The third-order valence-electron chi connectivity index (χ3n) is 3.77. The van der Waals surface area contributed by atoms with Gasteiger partial charge < -0.3 is 14.8 Å².